The van der Waals surface area contributed by atoms with Gasteiger partial charge < -0.3 is 49.8 Å². The molecule has 2 aromatic rings. The lowest BCUT2D eigenvalue weighted by Gasteiger charge is -2.38. The fraction of sp³-hybridized carbons (Fsp3) is 0.565. The molecule has 0 spiro atoms. The van der Waals surface area contributed by atoms with Crippen LogP contribution in [0.3, 0.4) is 0 Å². The van der Waals surface area contributed by atoms with Crippen LogP contribution in [0.15, 0.2) is 41.2 Å². The highest BCUT2D eigenvalue weighted by Crippen LogP contribution is 2.55. The lowest BCUT2D eigenvalue weighted by Crippen LogP contribution is -2.46. The van der Waals surface area contributed by atoms with Crippen LogP contribution in [0.25, 0.3) is 10.8 Å². The Bertz CT molecular complexity index is 2140. The minimum Gasteiger partial charge on any atom is -0.507 e. The Morgan fingerprint density at radius 3 is 2.24 bits per heavy atom. The number of nitrogens with one attached hydrogen (secondary N) is 1. The van der Waals surface area contributed by atoms with Gasteiger partial charge in [0, 0.05) is 93.9 Å². The molecule has 0 radical (unpaired) electrons. The van der Waals surface area contributed by atoms with Crippen LogP contribution in [0.4, 0.5) is 5.69 Å². The van der Waals surface area contributed by atoms with E-state index in [-0.39, 0.29) is 44.5 Å². The number of hydrazone groups is 1. The third-order valence-electron chi connectivity index (χ3n) is 12.4. The standard InChI is InChI=1S/C46H64N4O12/c1-23(2)22-49-16-18-50(19-17-49)47-21-31-36-41(56)34-33(40(31)55)35-43(29(8)39(34)54)62-46(10,44(35)57)60-20-15-32(59-11)26(5)42(61-30(9)51)28(7)38(53)27(6)37(52)24(3)13-12-14-25(4)45(58)48-36/h12-15,20-21,23-24,26-28,32,37-38,42,52-56H,16-19,22H2,1-11H3,(H,48,58)/b13-12+,20-15+,25-14+,47-21+. The number of allylic oxidation sites excluding steroid dienone is 2. The van der Waals surface area contributed by atoms with Crippen LogP contribution in [-0.4, -0.2) is 129 Å². The number of ketones is 1. The maximum Gasteiger partial charge on any atom is 0.312 e. The number of aliphatic hydroxyl groups excluding tert-OH is 2. The van der Waals surface area contributed by atoms with E-state index in [0.717, 1.165) is 19.6 Å². The summed E-state index contributed by atoms with van der Waals surface area (Å²) in [5.74, 6) is -7.85. The number of nitrogens with zero attached hydrogens (tertiary/aromatic N) is 3. The number of fused-ring (bicyclic) bond motifs is 14. The van der Waals surface area contributed by atoms with Gasteiger partial charge in [0.2, 0.25) is 0 Å². The summed E-state index contributed by atoms with van der Waals surface area (Å²) in [6, 6.07) is 0. The number of carbonyl (C=O) groups is 3. The number of phenols is 3. The molecule has 1 amide bonds. The predicted molar refractivity (Wildman–Crippen MR) is 234 cm³/mol. The Kier molecular flexibility index (Phi) is 15.0. The van der Waals surface area contributed by atoms with Gasteiger partial charge in [0.25, 0.3) is 11.7 Å². The molecular formula is C46H64N4O12. The highest BCUT2D eigenvalue weighted by atomic mass is 16.7. The number of hydrogen-bond acceptors (Lipinski definition) is 15. The molecule has 1 fully saturated rings. The van der Waals surface area contributed by atoms with Crippen molar-refractivity contribution >= 4 is 40.3 Å². The van der Waals surface area contributed by atoms with Crippen LogP contribution in [0.5, 0.6) is 23.0 Å². The Hall–Kier alpha value is -5.16. The summed E-state index contributed by atoms with van der Waals surface area (Å²) in [6.45, 7) is 20.4. The van der Waals surface area contributed by atoms with E-state index >= 15 is 0 Å². The van der Waals surface area contributed by atoms with E-state index in [2.05, 4.69) is 29.2 Å². The molecule has 62 heavy (non-hydrogen) atoms. The molecule has 2 aromatic carbocycles. The number of aliphatic hydroxyl groups is 2. The number of ether oxygens (including phenoxy) is 4. The zero-order chi connectivity index (χ0) is 46.0. The molecule has 6 N–H and O–H groups in total. The van der Waals surface area contributed by atoms with Crippen molar-refractivity contribution in [2.24, 2.45) is 34.7 Å². The van der Waals surface area contributed by atoms with Crippen molar-refractivity contribution in [2.45, 2.75) is 99.4 Å². The highest BCUT2D eigenvalue weighted by Gasteiger charge is 2.50. The number of aromatic hydroxyl groups is 3. The predicted octanol–water partition coefficient (Wildman–Crippen LogP) is 5.36. The smallest absolute Gasteiger partial charge is 0.312 e. The molecule has 6 rings (SSSR count). The number of rotatable bonds is 6. The van der Waals surface area contributed by atoms with Crippen LogP contribution in [-0.2, 0) is 23.8 Å². The molecular weight excluding hydrogens is 801 g/mol. The number of anilines is 1. The van der Waals surface area contributed by atoms with Crippen LogP contribution in [0.2, 0.25) is 0 Å². The summed E-state index contributed by atoms with van der Waals surface area (Å²) in [7, 11) is 1.44. The lowest BCUT2D eigenvalue weighted by atomic mass is 9.78. The van der Waals surface area contributed by atoms with E-state index in [1.807, 2.05) is 0 Å². The molecule has 0 aliphatic carbocycles. The number of phenolic OH excluding ortho intramolecular Hbond substituents is 3. The monoisotopic (exact) mass is 864 g/mol. The number of carbonyl (C=O) groups excluding carboxylic acids is 3. The van der Waals surface area contributed by atoms with Crippen molar-refractivity contribution in [3.05, 3.63) is 52.8 Å². The topological polar surface area (TPSA) is 220 Å². The van der Waals surface area contributed by atoms with Crippen LogP contribution < -0.4 is 10.1 Å². The van der Waals surface area contributed by atoms with Crippen LogP contribution in [0.1, 0.15) is 83.8 Å². The fourth-order valence-corrected chi connectivity index (χ4v) is 8.56. The number of methoxy groups -OCH3 is 1. The van der Waals surface area contributed by atoms with Gasteiger partial charge in [-0.2, -0.15) is 5.10 Å². The molecule has 9 atom stereocenters. The summed E-state index contributed by atoms with van der Waals surface area (Å²) < 4.78 is 23.7. The van der Waals surface area contributed by atoms with Gasteiger partial charge in [-0.3, -0.25) is 24.3 Å². The molecule has 16 heteroatoms. The minimum atomic E-state index is -2.05. The van der Waals surface area contributed by atoms with E-state index in [9.17, 15) is 39.9 Å². The molecule has 9 unspecified atom stereocenters. The number of hydrogen-bond donors (Lipinski definition) is 6. The van der Waals surface area contributed by atoms with Gasteiger partial charge >= 0.3 is 11.8 Å². The minimum absolute atomic E-state index is 0.0576. The van der Waals surface area contributed by atoms with Crippen molar-refractivity contribution in [1.29, 1.82) is 0 Å². The lowest BCUT2D eigenvalue weighted by molar-refractivity contribution is -0.160. The summed E-state index contributed by atoms with van der Waals surface area (Å²) in [5, 5.41) is 67.3. The van der Waals surface area contributed by atoms with Crippen molar-refractivity contribution in [3.8, 4) is 23.0 Å². The van der Waals surface area contributed by atoms with E-state index in [0.29, 0.717) is 19.0 Å². The van der Waals surface area contributed by atoms with E-state index in [1.165, 1.54) is 59.4 Å². The van der Waals surface area contributed by atoms with E-state index in [4.69, 9.17) is 18.9 Å². The van der Waals surface area contributed by atoms with Crippen LogP contribution >= 0.6 is 0 Å². The third kappa shape index (κ3) is 9.73. The fourth-order valence-electron chi connectivity index (χ4n) is 8.56. The van der Waals surface area contributed by atoms with Gasteiger partial charge in [-0.25, -0.2) is 0 Å². The van der Waals surface area contributed by atoms with Gasteiger partial charge in [-0.15, -0.1) is 0 Å². The van der Waals surface area contributed by atoms with Gasteiger partial charge in [0.1, 0.15) is 23.4 Å². The third-order valence-corrected chi connectivity index (χ3v) is 12.4. The van der Waals surface area contributed by atoms with E-state index in [1.54, 1.807) is 44.9 Å². The van der Waals surface area contributed by atoms with E-state index < -0.39 is 88.8 Å². The van der Waals surface area contributed by atoms with Gasteiger partial charge in [0.05, 0.1) is 53.0 Å². The van der Waals surface area contributed by atoms with Gasteiger partial charge in [-0.1, -0.05) is 59.8 Å². The maximum atomic E-state index is 14.5. The number of Topliss-reactive ketones (excluding diaryl/α,β-unsaturated/α-hetero) is 1. The van der Waals surface area contributed by atoms with Gasteiger partial charge in [-0.05, 0) is 25.8 Å². The second-order valence-electron chi connectivity index (χ2n) is 17.5. The summed E-state index contributed by atoms with van der Waals surface area (Å²) in [5.41, 5.74) is -0.335. The second-order valence-corrected chi connectivity index (χ2v) is 17.5. The first-order valence-electron chi connectivity index (χ1n) is 21.2. The van der Waals surface area contributed by atoms with Crippen molar-refractivity contribution in [2.75, 3.05) is 45.2 Å². The van der Waals surface area contributed by atoms with Crippen molar-refractivity contribution in [1.82, 2.24) is 9.91 Å². The number of amides is 1. The summed E-state index contributed by atoms with van der Waals surface area (Å²) in [6.07, 6.45) is 4.90. The van der Waals surface area contributed by atoms with Crippen molar-refractivity contribution < 1.29 is 58.9 Å². The normalized spacial score (nSPS) is 31.2. The molecule has 4 aliphatic heterocycles. The summed E-state index contributed by atoms with van der Waals surface area (Å²) in [4.78, 5) is 43.0. The Labute approximate surface area is 363 Å². The number of benzene rings is 2. The first-order valence-corrected chi connectivity index (χ1v) is 21.2. The quantitative estimate of drug-likeness (QED) is 0.0933. The molecule has 340 valence electrons. The first-order chi connectivity index (χ1) is 29.1. The summed E-state index contributed by atoms with van der Waals surface area (Å²) >= 11 is 0. The van der Waals surface area contributed by atoms with Crippen molar-refractivity contribution in [3.63, 3.8) is 0 Å². The number of esters is 1. The van der Waals surface area contributed by atoms with Crippen LogP contribution in [0, 0.1) is 36.5 Å². The Morgan fingerprint density at radius 2 is 1.63 bits per heavy atom. The highest BCUT2D eigenvalue weighted by molar-refractivity contribution is 6.23. The molecule has 5 bridgehead atoms. The molecule has 4 heterocycles. The first kappa shape index (κ1) is 47.9. The zero-order valence-corrected chi connectivity index (χ0v) is 37.6. The largest absolute Gasteiger partial charge is 0.507 e. The van der Waals surface area contributed by atoms with Gasteiger partial charge in [0.15, 0.2) is 5.75 Å². The second kappa shape index (κ2) is 19.5. The SMILES string of the molecule is COC1/C=C/OC2(C)Oc3c(C)c(O)c4c(O)c(c(/C=N/N5CCN(CC(C)C)CC5)c(O)c4c3C2=O)NC(=O)/C(C)=C/C=C/C(C)C(O)C(C)C(O)C(C)C(OC(C)=O)C1C. The Morgan fingerprint density at radius 1 is 0.968 bits per heavy atom. The molecule has 1 saturated heterocycles. The average molecular weight is 865 g/mol. The molecule has 0 aromatic heterocycles. The molecule has 4 aliphatic rings. The zero-order valence-electron chi connectivity index (χ0n) is 37.6. The Balaban J connectivity index is 1.68. The number of piperazine rings is 1. The maximum absolute atomic E-state index is 14.5. The average Bonchev–Trinajstić information content (AvgIpc) is 3.49. The molecule has 0 saturated carbocycles. The molecule has 16 nitrogen and oxygen atoms in total.